The molecule has 0 atom stereocenters. The number of likely N-dealkylation sites (N-methyl/N-ethyl adjacent to an activating group) is 1. The quantitative estimate of drug-likeness (QED) is 0.611. The normalized spacial score (nSPS) is 17.4. The zero-order chi connectivity index (χ0) is 17.6. The molecule has 1 aromatic heterocycles. The molecule has 24 heavy (non-hydrogen) atoms. The second kappa shape index (κ2) is 8.72. The van der Waals surface area contributed by atoms with Gasteiger partial charge in [0, 0.05) is 31.2 Å². The predicted molar refractivity (Wildman–Crippen MR) is 106 cm³/mol. The first-order valence-corrected chi connectivity index (χ1v) is 9.81. The van der Waals surface area contributed by atoms with Crippen LogP contribution < -0.4 is 15.5 Å². The number of nitrogens with one attached hydrogen (secondary N) is 2. The van der Waals surface area contributed by atoms with Gasteiger partial charge in [0.15, 0.2) is 5.96 Å². The van der Waals surface area contributed by atoms with Crippen LogP contribution in [0.5, 0.6) is 0 Å². The largest absolute Gasteiger partial charge is 0.363 e. The van der Waals surface area contributed by atoms with E-state index in [0.717, 1.165) is 45.0 Å². The summed E-state index contributed by atoms with van der Waals surface area (Å²) in [6.45, 7) is 10.5. The maximum Gasteiger partial charge on any atom is 0.191 e. The van der Waals surface area contributed by atoms with Crippen LogP contribution in [0.2, 0.25) is 0 Å². The van der Waals surface area contributed by atoms with Gasteiger partial charge in [0.1, 0.15) is 0 Å². The summed E-state index contributed by atoms with van der Waals surface area (Å²) in [7, 11) is 4.21. The monoisotopic (exact) mass is 351 g/mol. The van der Waals surface area contributed by atoms with Crippen molar-refractivity contribution < 1.29 is 0 Å². The summed E-state index contributed by atoms with van der Waals surface area (Å²) in [6, 6.07) is 4.85. The standard InChI is InChI=1S/C18H33N5S/c1-6-19-17(20-14-18(2,3)22(4)5)21-15-9-11-23(12-10-15)16-8-7-13-24-16/h7-8,13,15H,6,9-12,14H2,1-5H3,(H2,19,20,21). The van der Waals surface area contributed by atoms with Gasteiger partial charge in [-0.05, 0) is 65.2 Å². The third-order valence-corrected chi connectivity index (χ3v) is 5.76. The Balaban J connectivity index is 1.87. The molecule has 0 aliphatic carbocycles. The number of piperidine rings is 1. The van der Waals surface area contributed by atoms with E-state index in [0.29, 0.717) is 6.04 Å². The molecule has 0 unspecified atom stereocenters. The number of hydrogen-bond donors (Lipinski definition) is 2. The van der Waals surface area contributed by atoms with Crippen molar-refractivity contribution in [1.29, 1.82) is 0 Å². The molecule has 1 aliphatic rings. The summed E-state index contributed by atoms with van der Waals surface area (Å²) in [5, 5.41) is 10.6. The summed E-state index contributed by atoms with van der Waals surface area (Å²) in [5.74, 6) is 0.946. The summed E-state index contributed by atoms with van der Waals surface area (Å²) in [5.41, 5.74) is 0.0604. The molecule has 6 heteroatoms. The Hall–Kier alpha value is -1.27. The maximum atomic E-state index is 4.81. The number of anilines is 1. The molecule has 5 nitrogen and oxygen atoms in total. The Morgan fingerprint density at radius 3 is 2.62 bits per heavy atom. The van der Waals surface area contributed by atoms with Crippen LogP contribution in [0.25, 0.3) is 0 Å². The van der Waals surface area contributed by atoms with Crippen molar-refractivity contribution in [3.05, 3.63) is 17.5 Å². The minimum absolute atomic E-state index is 0.0604. The average molecular weight is 352 g/mol. The number of rotatable bonds is 6. The van der Waals surface area contributed by atoms with E-state index in [4.69, 9.17) is 4.99 Å². The highest BCUT2D eigenvalue weighted by Crippen LogP contribution is 2.24. The second-order valence-corrected chi connectivity index (χ2v) is 8.19. The van der Waals surface area contributed by atoms with Crippen LogP contribution in [0, 0.1) is 0 Å². The van der Waals surface area contributed by atoms with Gasteiger partial charge in [-0.1, -0.05) is 0 Å². The fourth-order valence-electron chi connectivity index (χ4n) is 2.62. The van der Waals surface area contributed by atoms with Crippen LogP contribution in [0.4, 0.5) is 5.00 Å². The van der Waals surface area contributed by atoms with Crippen LogP contribution >= 0.6 is 11.3 Å². The van der Waals surface area contributed by atoms with Gasteiger partial charge < -0.3 is 20.4 Å². The van der Waals surface area contributed by atoms with E-state index < -0.39 is 0 Å². The van der Waals surface area contributed by atoms with Gasteiger partial charge in [0.25, 0.3) is 0 Å². The molecule has 1 fully saturated rings. The average Bonchev–Trinajstić information content (AvgIpc) is 3.08. The van der Waals surface area contributed by atoms with E-state index in [-0.39, 0.29) is 5.54 Å². The molecule has 2 heterocycles. The SMILES string of the molecule is CCNC(=NCC(C)(C)N(C)C)NC1CCN(c2cccs2)CC1. The number of hydrogen-bond acceptors (Lipinski definition) is 4. The van der Waals surface area contributed by atoms with E-state index >= 15 is 0 Å². The zero-order valence-electron chi connectivity index (χ0n) is 15.8. The Kier molecular flexibility index (Phi) is 6.92. The molecule has 0 radical (unpaired) electrons. The second-order valence-electron chi connectivity index (χ2n) is 7.26. The fourth-order valence-corrected chi connectivity index (χ4v) is 3.41. The van der Waals surface area contributed by atoms with Crippen molar-refractivity contribution in [3.8, 4) is 0 Å². The van der Waals surface area contributed by atoms with Crippen LogP contribution in [-0.2, 0) is 0 Å². The van der Waals surface area contributed by atoms with E-state index in [1.165, 1.54) is 5.00 Å². The van der Waals surface area contributed by atoms with Crippen LogP contribution in [0.15, 0.2) is 22.5 Å². The highest BCUT2D eigenvalue weighted by Gasteiger charge is 2.22. The van der Waals surface area contributed by atoms with E-state index in [1.807, 2.05) is 11.3 Å². The summed E-state index contributed by atoms with van der Waals surface area (Å²) in [4.78, 5) is 9.52. The van der Waals surface area contributed by atoms with Gasteiger partial charge in [-0.2, -0.15) is 0 Å². The van der Waals surface area contributed by atoms with E-state index in [9.17, 15) is 0 Å². The molecule has 136 valence electrons. The van der Waals surface area contributed by atoms with Crippen molar-refractivity contribution in [3.63, 3.8) is 0 Å². The van der Waals surface area contributed by atoms with Crippen molar-refractivity contribution >= 4 is 22.3 Å². The summed E-state index contributed by atoms with van der Waals surface area (Å²) < 4.78 is 0. The molecular weight excluding hydrogens is 318 g/mol. The lowest BCUT2D eigenvalue weighted by Crippen LogP contribution is -2.49. The molecular formula is C18H33N5S. The topological polar surface area (TPSA) is 42.9 Å². The van der Waals surface area contributed by atoms with Gasteiger partial charge in [-0.3, -0.25) is 4.99 Å². The highest BCUT2D eigenvalue weighted by atomic mass is 32.1. The minimum atomic E-state index is 0.0604. The Morgan fingerprint density at radius 1 is 1.38 bits per heavy atom. The Bertz CT molecular complexity index is 501. The van der Waals surface area contributed by atoms with Gasteiger partial charge in [0.2, 0.25) is 0 Å². The molecule has 0 bridgehead atoms. The highest BCUT2D eigenvalue weighted by molar-refractivity contribution is 7.14. The molecule has 0 aromatic carbocycles. The van der Waals surface area contributed by atoms with Crippen molar-refractivity contribution in [2.24, 2.45) is 4.99 Å². The van der Waals surface area contributed by atoms with Crippen molar-refractivity contribution in [2.75, 3.05) is 45.2 Å². The lowest BCUT2D eigenvalue weighted by Gasteiger charge is -2.34. The molecule has 1 aromatic rings. The minimum Gasteiger partial charge on any atom is -0.363 e. The van der Waals surface area contributed by atoms with Crippen molar-refractivity contribution in [2.45, 2.75) is 45.2 Å². The van der Waals surface area contributed by atoms with Crippen LogP contribution in [0.3, 0.4) is 0 Å². The van der Waals surface area contributed by atoms with Crippen LogP contribution in [0.1, 0.15) is 33.6 Å². The molecule has 1 saturated heterocycles. The predicted octanol–water partition coefficient (Wildman–Crippen LogP) is 2.61. The molecule has 2 N–H and O–H groups in total. The first kappa shape index (κ1) is 19.1. The van der Waals surface area contributed by atoms with Gasteiger partial charge >= 0.3 is 0 Å². The third kappa shape index (κ3) is 5.38. The van der Waals surface area contributed by atoms with Gasteiger partial charge in [-0.15, -0.1) is 11.3 Å². The molecule has 0 saturated carbocycles. The number of nitrogens with zero attached hydrogens (tertiary/aromatic N) is 3. The van der Waals surface area contributed by atoms with Gasteiger partial charge in [-0.25, -0.2) is 0 Å². The number of aliphatic imine (C=N–C) groups is 1. The maximum absolute atomic E-state index is 4.81. The van der Waals surface area contributed by atoms with Crippen molar-refractivity contribution in [1.82, 2.24) is 15.5 Å². The van der Waals surface area contributed by atoms with Crippen LogP contribution in [-0.4, -0.2) is 62.7 Å². The molecule has 2 rings (SSSR count). The number of guanidine groups is 1. The van der Waals surface area contributed by atoms with E-state index in [1.54, 1.807) is 0 Å². The number of thiophene rings is 1. The Labute approximate surface area is 151 Å². The summed E-state index contributed by atoms with van der Waals surface area (Å²) in [6.07, 6.45) is 2.30. The molecule has 0 amide bonds. The third-order valence-electron chi connectivity index (χ3n) is 4.83. The summed E-state index contributed by atoms with van der Waals surface area (Å²) >= 11 is 1.83. The first-order valence-electron chi connectivity index (χ1n) is 8.93. The lowest BCUT2D eigenvalue weighted by molar-refractivity contribution is 0.204. The lowest BCUT2D eigenvalue weighted by atomic mass is 10.0. The molecule has 1 aliphatic heterocycles. The fraction of sp³-hybridized carbons (Fsp3) is 0.722. The molecule has 0 spiro atoms. The van der Waals surface area contributed by atoms with Gasteiger partial charge in [0.05, 0.1) is 11.5 Å². The Morgan fingerprint density at radius 2 is 2.08 bits per heavy atom. The zero-order valence-corrected chi connectivity index (χ0v) is 16.6. The van der Waals surface area contributed by atoms with E-state index in [2.05, 4.69) is 72.8 Å². The smallest absolute Gasteiger partial charge is 0.191 e. The first-order chi connectivity index (χ1) is 11.4.